The lowest BCUT2D eigenvalue weighted by Crippen LogP contribution is -2.23. The number of halogens is 2. The Bertz CT molecular complexity index is 636. The van der Waals surface area contributed by atoms with E-state index in [1.54, 1.807) is 43.3 Å². The highest BCUT2D eigenvalue weighted by Crippen LogP contribution is 2.24. The second kappa shape index (κ2) is 6.97. The van der Waals surface area contributed by atoms with Crippen LogP contribution in [0.25, 0.3) is 0 Å². The maximum absolute atomic E-state index is 12.3. The normalized spacial score (nSPS) is 12.0. The zero-order valence-corrected chi connectivity index (χ0v) is 13.4. The molecule has 0 spiro atoms. The minimum Gasteiger partial charge on any atom is -0.483 e. The number of carbonyl (C=O) groups excluding carboxylic acids is 1. The number of ketones is 1. The molecule has 2 aromatic carbocycles. The van der Waals surface area contributed by atoms with E-state index in [-0.39, 0.29) is 5.78 Å². The molecule has 21 heavy (non-hydrogen) atoms. The third-order valence-electron chi connectivity index (χ3n) is 3.21. The summed E-state index contributed by atoms with van der Waals surface area (Å²) in [5.74, 6) is 0.561. The molecule has 1 unspecified atom stereocenters. The first-order chi connectivity index (χ1) is 10.0. The number of ether oxygens (including phenoxy) is 1. The van der Waals surface area contributed by atoms with Crippen molar-refractivity contribution in [3.8, 4) is 5.75 Å². The number of hydrogen-bond acceptors (Lipinski definition) is 2. The SMILES string of the molecule is CCc1cc(OC(C)C(=O)c2ccc(Cl)cc2)ccc1Cl. The number of carbonyl (C=O) groups is 1. The van der Waals surface area contributed by atoms with E-state index in [1.165, 1.54) is 0 Å². The van der Waals surface area contributed by atoms with Gasteiger partial charge >= 0.3 is 0 Å². The zero-order chi connectivity index (χ0) is 15.4. The fourth-order valence-corrected chi connectivity index (χ4v) is 2.38. The first-order valence-corrected chi connectivity index (χ1v) is 7.51. The molecule has 0 fully saturated rings. The second-order valence-electron chi connectivity index (χ2n) is 4.74. The van der Waals surface area contributed by atoms with Gasteiger partial charge in [0.05, 0.1) is 0 Å². The predicted octanol–water partition coefficient (Wildman–Crippen LogP) is 5.21. The van der Waals surface area contributed by atoms with Crippen LogP contribution >= 0.6 is 23.2 Å². The van der Waals surface area contributed by atoms with Gasteiger partial charge in [0.25, 0.3) is 0 Å². The fourth-order valence-electron chi connectivity index (χ4n) is 2.00. The molecule has 0 aliphatic heterocycles. The topological polar surface area (TPSA) is 26.3 Å². The smallest absolute Gasteiger partial charge is 0.202 e. The highest BCUT2D eigenvalue weighted by atomic mass is 35.5. The maximum Gasteiger partial charge on any atom is 0.202 e. The minimum atomic E-state index is -0.572. The Balaban J connectivity index is 2.12. The summed E-state index contributed by atoms with van der Waals surface area (Å²) in [6.45, 7) is 3.75. The van der Waals surface area contributed by atoms with Gasteiger partial charge in [0.1, 0.15) is 5.75 Å². The van der Waals surface area contributed by atoms with Crippen LogP contribution in [0, 0.1) is 0 Å². The molecule has 0 bridgehead atoms. The van der Waals surface area contributed by atoms with E-state index in [9.17, 15) is 4.79 Å². The third-order valence-corrected chi connectivity index (χ3v) is 3.83. The van der Waals surface area contributed by atoms with Gasteiger partial charge in [-0.05, 0) is 61.4 Å². The maximum atomic E-state index is 12.3. The van der Waals surface area contributed by atoms with Crippen LogP contribution in [0.1, 0.15) is 29.8 Å². The van der Waals surface area contributed by atoms with Gasteiger partial charge in [-0.1, -0.05) is 30.1 Å². The number of Topliss-reactive ketones (excluding diaryl/α,β-unsaturated/α-hetero) is 1. The molecule has 1 atom stereocenters. The Labute approximate surface area is 134 Å². The first-order valence-electron chi connectivity index (χ1n) is 6.76. The molecule has 0 radical (unpaired) electrons. The van der Waals surface area contributed by atoms with E-state index in [1.807, 2.05) is 13.0 Å². The van der Waals surface area contributed by atoms with Crippen molar-refractivity contribution in [3.05, 3.63) is 63.6 Å². The van der Waals surface area contributed by atoms with Crippen LogP contribution in [0.4, 0.5) is 0 Å². The Morgan fingerprint density at radius 2 is 1.81 bits per heavy atom. The molecule has 110 valence electrons. The monoisotopic (exact) mass is 322 g/mol. The summed E-state index contributed by atoms with van der Waals surface area (Å²) >= 11 is 11.9. The van der Waals surface area contributed by atoms with E-state index < -0.39 is 6.10 Å². The van der Waals surface area contributed by atoms with Crippen molar-refractivity contribution in [2.75, 3.05) is 0 Å². The van der Waals surface area contributed by atoms with Crippen molar-refractivity contribution in [1.82, 2.24) is 0 Å². The van der Waals surface area contributed by atoms with Crippen LogP contribution < -0.4 is 4.74 Å². The zero-order valence-electron chi connectivity index (χ0n) is 11.9. The van der Waals surface area contributed by atoms with Gasteiger partial charge in [-0.15, -0.1) is 0 Å². The Kier molecular flexibility index (Phi) is 5.27. The second-order valence-corrected chi connectivity index (χ2v) is 5.58. The van der Waals surface area contributed by atoms with Crippen LogP contribution in [0.3, 0.4) is 0 Å². The molecule has 0 aromatic heterocycles. The summed E-state index contributed by atoms with van der Waals surface area (Å²) in [6.07, 6.45) is 0.243. The highest BCUT2D eigenvalue weighted by Gasteiger charge is 2.17. The standard InChI is InChI=1S/C17H16Cl2O2/c1-3-12-10-15(8-9-16(12)19)21-11(2)17(20)13-4-6-14(18)7-5-13/h4-11H,3H2,1-2H3. The van der Waals surface area contributed by atoms with Crippen molar-refractivity contribution in [3.63, 3.8) is 0 Å². The largest absolute Gasteiger partial charge is 0.483 e. The average Bonchev–Trinajstić information content (AvgIpc) is 2.49. The van der Waals surface area contributed by atoms with Crippen LogP contribution in [-0.2, 0) is 6.42 Å². The molecule has 0 heterocycles. The van der Waals surface area contributed by atoms with Crippen molar-refractivity contribution in [1.29, 1.82) is 0 Å². The van der Waals surface area contributed by atoms with E-state index in [0.717, 1.165) is 12.0 Å². The lowest BCUT2D eigenvalue weighted by molar-refractivity contribution is 0.0818. The van der Waals surface area contributed by atoms with Gasteiger partial charge in [-0.3, -0.25) is 4.79 Å². The summed E-state index contributed by atoms with van der Waals surface area (Å²) in [7, 11) is 0. The lowest BCUT2D eigenvalue weighted by Gasteiger charge is -2.15. The molecule has 0 saturated heterocycles. The van der Waals surface area contributed by atoms with Crippen molar-refractivity contribution in [2.24, 2.45) is 0 Å². The van der Waals surface area contributed by atoms with Gasteiger partial charge in [0, 0.05) is 15.6 Å². The van der Waals surface area contributed by atoms with Crippen molar-refractivity contribution >= 4 is 29.0 Å². The number of aryl methyl sites for hydroxylation is 1. The van der Waals surface area contributed by atoms with Gasteiger partial charge in [-0.2, -0.15) is 0 Å². The van der Waals surface area contributed by atoms with E-state index >= 15 is 0 Å². The average molecular weight is 323 g/mol. The van der Waals surface area contributed by atoms with E-state index in [2.05, 4.69) is 0 Å². The molecule has 0 aliphatic carbocycles. The number of rotatable bonds is 5. The molecule has 2 rings (SSSR count). The molecule has 0 N–H and O–H groups in total. The van der Waals surface area contributed by atoms with Crippen molar-refractivity contribution < 1.29 is 9.53 Å². The van der Waals surface area contributed by atoms with Crippen molar-refractivity contribution in [2.45, 2.75) is 26.4 Å². The molecule has 0 amide bonds. The molecule has 2 aromatic rings. The summed E-state index contributed by atoms with van der Waals surface area (Å²) in [6, 6.07) is 12.2. The van der Waals surface area contributed by atoms with Crippen LogP contribution in [0.5, 0.6) is 5.75 Å². The molecular weight excluding hydrogens is 307 g/mol. The fraction of sp³-hybridized carbons (Fsp3) is 0.235. The summed E-state index contributed by atoms with van der Waals surface area (Å²) in [5, 5.41) is 1.31. The third kappa shape index (κ3) is 3.99. The number of benzene rings is 2. The minimum absolute atomic E-state index is 0.0836. The molecule has 2 nitrogen and oxygen atoms in total. The lowest BCUT2D eigenvalue weighted by atomic mass is 10.1. The van der Waals surface area contributed by atoms with Gasteiger partial charge in [0.2, 0.25) is 5.78 Å². The summed E-state index contributed by atoms with van der Waals surface area (Å²) in [4.78, 5) is 12.3. The van der Waals surface area contributed by atoms with Gasteiger partial charge in [0.15, 0.2) is 6.10 Å². The quantitative estimate of drug-likeness (QED) is 0.706. The van der Waals surface area contributed by atoms with Crippen LogP contribution in [0.15, 0.2) is 42.5 Å². The Hall–Kier alpha value is -1.51. The van der Waals surface area contributed by atoms with Gasteiger partial charge in [-0.25, -0.2) is 0 Å². The van der Waals surface area contributed by atoms with E-state index in [0.29, 0.717) is 21.4 Å². The summed E-state index contributed by atoms with van der Waals surface area (Å²) < 4.78 is 5.72. The molecule has 0 aliphatic rings. The van der Waals surface area contributed by atoms with Crippen LogP contribution in [0.2, 0.25) is 10.0 Å². The molecular formula is C17H16Cl2O2. The van der Waals surface area contributed by atoms with Gasteiger partial charge < -0.3 is 4.74 Å². The highest BCUT2D eigenvalue weighted by molar-refractivity contribution is 6.31. The molecule has 0 saturated carbocycles. The van der Waals surface area contributed by atoms with E-state index in [4.69, 9.17) is 27.9 Å². The predicted molar refractivity (Wildman–Crippen MR) is 86.7 cm³/mol. The summed E-state index contributed by atoms with van der Waals surface area (Å²) in [5.41, 5.74) is 1.58. The van der Waals surface area contributed by atoms with Crippen LogP contribution in [-0.4, -0.2) is 11.9 Å². The Morgan fingerprint density at radius 1 is 1.14 bits per heavy atom. The first kappa shape index (κ1) is 15.9. The molecule has 4 heteroatoms. The number of hydrogen-bond donors (Lipinski definition) is 0. The Morgan fingerprint density at radius 3 is 2.43 bits per heavy atom.